The van der Waals surface area contributed by atoms with E-state index in [0.29, 0.717) is 0 Å². The van der Waals surface area contributed by atoms with Crippen LogP contribution in [0, 0.1) is 0 Å². The predicted molar refractivity (Wildman–Crippen MR) is 38.1 cm³/mol. The standard InChI is InChI=1S/C5H10F3NO2S/c1-2-4(9)3-12(10,11)5(6,7)8/h4H,2-3,9H2,1H3. The van der Waals surface area contributed by atoms with E-state index in [1.54, 1.807) is 0 Å². The molecule has 0 aliphatic rings. The molecule has 0 aromatic heterocycles. The van der Waals surface area contributed by atoms with Crippen LogP contribution in [-0.2, 0) is 9.84 Å². The molecule has 0 rings (SSSR count). The minimum absolute atomic E-state index is 0.204. The van der Waals surface area contributed by atoms with Gasteiger partial charge in [-0.15, -0.1) is 0 Å². The first-order valence-corrected chi connectivity index (χ1v) is 4.90. The van der Waals surface area contributed by atoms with Crippen LogP contribution in [0.4, 0.5) is 13.2 Å². The van der Waals surface area contributed by atoms with Crippen LogP contribution in [-0.4, -0.2) is 25.7 Å². The van der Waals surface area contributed by atoms with Gasteiger partial charge in [-0.2, -0.15) is 13.2 Å². The molecule has 12 heavy (non-hydrogen) atoms. The molecule has 0 bridgehead atoms. The Kier molecular flexibility index (Phi) is 3.52. The van der Waals surface area contributed by atoms with E-state index in [9.17, 15) is 21.6 Å². The van der Waals surface area contributed by atoms with E-state index in [0.717, 1.165) is 0 Å². The average Bonchev–Trinajstić information content (AvgIpc) is 1.84. The molecular formula is C5H10F3NO2S. The van der Waals surface area contributed by atoms with Crippen molar-refractivity contribution < 1.29 is 21.6 Å². The first kappa shape index (κ1) is 11.7. The summed E-state index contributed by atoms with van der Waals surface area (Å²) in [6.07, 6.45) is 0.204. The average molecular weight is 205 g/mol. The highest BCUT2D eigenvalue weighted by Gasteiger charge is 2.45. The first-order valence-electron chi connectivity index (χ1n) is 3.25. The third-order valence-corrected chi connectivity index (χ3v) is 2.88. The van der Waals surface area contributed by atoms with Crippen molar-refractivity contribution in [2.45, 2.75) is 24.9 Å². The maximum Gasteiger partial charge on any atom is 0.497 e. The highest BCUT2D eigenvalue weighted by atomic mass is 32.2. The molecular weight excluding hydrogens is 195 g/mol. The summed E-state index contributed by atoms with van der Waals surface area (Å²) in [4.78, 5) is 0. The van der Waals surface area contributed by atoms with Crippen molar-refractivity contribution in [2.24, 2.45) is 5.73 Å². The molecule has 74 valence electrons. The Hall–Kier alpha value is -0.300. The Morgan fingerprint density at radius 3 is 2.08 bits per heavy atom. The highest BCUT2D eigenvalue weighted by Crippen LogP contribution is 2.24. The van der Waals surface area contributed by atoms with Crippen molar-refractivity contribution in [2.75, 3.05) is 5.75 Å². The van der Waals surface area contributed by atoms with Crippen LogP contribution in [0.5, 0.6) is 0 Å². The maximum absolute atomic E-state index is 11.7. The van der Waals surface area contributed by atoms with Gasteiger partial charge in [0, 0.05) is 6.04 Å². The number of halogens is 3. The number of rotatable bonds is 3. The topological polar surface area (TPSA) is 60.2 Å². The Morgan fingerprint density at radius 1 is 1.42 bits per heavy atom. The van der Waals surface area contributed by atoms with E-state index in [1.165, 1.54) is 6.92 Å². The summed E-state index contributed by atoms with van der Waals surface area (Å²) >= 11 is 0. The van der Waals surface area contributed by atoms with Gasteiger partial charge < -0.3 is 5.73 Å². The van der Waals surface area contributed by atoms with E-state index in [2.05, 4.69) is 0 Å². The number of hydrogen-bond acceptors (Lipinski definition) is 3. The number of sulfone groups is 1. The normalized spacial score (nSPS) is 16.1. The number of alkyl halides is 3. The maximum atomic E-state index is 11.7. The van der Waals surface area contributed by atoms with Crippen molar-refractivity contribution in [3.63, 3.8) is 0 Å². The molecule has 2 N–H and O–H groups in total. The quantitative estimate of drug-likeness (QED) is 0.736. The molecule has 0 aromatic carbocycles. The molecule has 1 atom stereocenters. The van der Waals surface area contributed by atoms with Crippen molar-refractivity contribution >= 4 is 9.84 Å². The summed E-state index contributed by atoms with van der Waals surface area (Å²) in [5.41, 5.74) is -0.104. The third kappa shape index (κ3) is 2.98. The Labute approximate surface area is 68.7 Å². The van der Waals surface area contributed by atoms with Gasteiger partial charge >= 0.3 is 5.51 Å². The fourth-order valence-electron chi connectivity index (χ4n) is 0.494. The van der Waals surface area contributed by atoms with Gasteiger partial charge in [0.05, 0.1) is 5.75 Å². The molecule has 0 saturated carbocycles. The van der Waals surface area contributed by atoms with Gasteiger partial charge in [-0.1, -0.05) is 6.92 Å². The van der Waals surface area contributed by atoms with Crippen LogP contribution >= 0.6 is 0 Å². The lowest BCUT2D eigenvalue weighted by Crippen LogP contribution is -2.36. The van der Waals surface area contributed by atoms with Crippen molar-refractivity contribution in [1.82, 2.24) is 0 Å². The zero-order valence-corrected chi connectivity index (χ0v) is 7.24. The van der Waals surface area contributed by atoms with Gasteiger partial charge in [0.25, 0.3) is 0 Å². The van der Waals surface area contributed by atoms with E-state index < -0.39 is 27.1 Å². The van der Waals surface area contributed by atoms with Crippen LogP contribution in [0.15, 0.2) is 0 Å². The van der Waals surface area contributed by atoms with Crippen molar-refractivity contribution in [1.29, 1.82) is 0 Å². The molecule has 7 heteroatoms. The lowest BCUT2D eigenvalue weighted by Gasteiger charge is -2.11. The molecule has 0 aromatic rings. The molecule has 0 saturated heterocycles. The lowest BCUT2D eigenvalue weighted by atomic mass is 10.3. The van der Waals surface area contributed by atoms with Crippen LogP contribution < -0.4 is 5.73 Å². The van der Waals surface area contributed by atoms with E-state index in [-0.39, 0.29) is 6.42 Å². The van der Waals surface area contributed by atoms with E-state index in [4.69, 9.17) is 5.73 Å². The smallest absolute Gasteiger partial charge is 0.327 e. The highest BCUT2D eigenvalue weighted by molar-refractivity contribution is 7.92. The SMILES string of the molecule is CCC(N)CS(=O)(=O)C(F)(F)F. The molecule has 0 spiro atoms. The monoisotopic (exact) mass is 205 g/mol. The lowest BCUT2D eigenvalue weighted by molar-refractivity contribution is -0.0436. The van der Waals surface area contributed by atoms with Gasteiger partial charge in [0.1, 0.15) is 0 Å². The van der Waals surface area contributed by atoms with Crippen LogP contribution in [0.2, 0.25) is 0 Å². The molecule has 0 aliphatic heterocycles. The second-order valence-electron chi connectivity index (χ2n) is 2.40. The van der Waals surface area contributed by atoms with Crippen molar-refractivity contribution in [3.05, 3.63) is 0 Å². The number of nitrogens with two attached hydrogens (primary N) is 1. The van der Waals surface area contributed by atoms with Crippen molar-refractivity contribution in [3.8, 4) is 0 Å². The summed E-state index contributed by atoms with van der Waals surface area (Å²) in [5, 5.41) is 0. The van der Waals surface area contributed by atoms with Gasteiger partial charge in [-0.25, -0.2) is 8.42 Å². The number of hydrogen-bond donors (Lipinski definition) is 1. The van der Waals surface area contributed by atoms with E-state index >= 15 is 0 Å². The molecule has 0 fully saturated rings. The molecule has 0 radical (unpaired) electrons. The van der Waals surface area contributed by atoms with Gasteiger partial charge in [0.2, 0.25) is 9.84 Å². The zero-order valence-electron chi connectivity index (χ0n) is 6.43. The Balaban J connectivity index is 4.46. The second-order valence-corrected chi connectivity index (χ2v) is 4.42. The third-order valence-electron chi connectivity index (χ3n) is 1.31. The molecule has 0 heterocycles. The van der Waals surface area contributed by atoms with E-state index in [1.807, 2.05) is 0 Å². The molecule has 1 unspecified atom stereocenters. The minimum atomic E-state index is -5.18. The van der Waals surface area contributed by atoms with Gasteiger partial charge in [0.15, 0.2) is 0 Å². The summed E-state index contributed by atoms with van der Waals surface area (Å²) < 4.78 is 55.9. The van der Waals surface area contributed by atoms with Gasteiger partial charge in [-0.3, -0.25) is 0 Å². The summed E-state index contributed by atoms with van der Waals surface area (Å²) in [7, 11) is -5.03. The zero-order chi connectivity index (χ0) is 9.99. The fraction of sp³-hybridized carbons (Fsp3) is 1.00. The van der Waals surface area contributed by atoms with Gasteiger partial charge in [-0.05, 0) is 6.42 Å². The Bertz CT molecular complexity index is 234. The first-order chi connectivity index (χ1) is 5.20. The fourth-order valence-corrected chi connectivity index (χ4v) is 1.48. The largest absolute Gasteiger partial charge is 0.497 e. The predicted octanol–water partition coefficient (Wildman–Crippen LogP) is 0.658. The minimum Gasteiger partial charge on any atom is -0.327 e. The summed E-state index contributed by atoms with van der Waals surface area (Å²) in [6, 6.07) is -0.948. The Morgan fingerprint density at radius 2 is 1.83 bits per heavy atom. The molecule has 0 amide bonds. The molecule has 0 aliphatic carbocycles. The van der Waals surface area contributed by atoms with Crippen LogP contribution in [0.25, 0.3) is 0 Å². The van der Waals surface area contributed by atoms with Crippen LogP contribution in [0.1, 0.15) is 13.3 Å². The van der Waals surface area contributed by atoms with Crippen LogP contribution in [0.3, 0.4) is 0 Å². The summed E-state index contributed by atoms with van der Waals surface area (Å²) in [6.45, 7) is 1.52. The second kappa shape index (κ2) is 3.61. The molecule has 3 nitrogen and oxygen atoms in total. The summed E-state index contributed by atoms with van der Waals surface area (Å²) in [5.74, 6) is -1.03.